The van der Waals surface area contributed by atoms with Gasteiger partial charge in [-0.05, 0) is 69.4 Å². The van der Waals surface area contributed by atoms with Gasteiger partial charge in [-0.2, -0.15) is 0 Å². The maximum atomic E-state index is 12.0. The topological polar surface area (TPSA) is 34.5 Å². The number of nitrogens with zero attached hydrogens (tertiary/aromatic N) is 2. The molecule has 2 saturated heterocycles. The Morgan fingerprint density at radius 1 is 1.03 bits per heavy atom. The van der Waals surface area contributed by atoms with Crippen LogP contribution in [0.2, 0.25) is 5.02 Å². The van der Waals surface area contributed by atoms with E-state index in [1.165, 1.54) is 12.8 Å². The third-order valence-corrected chi connectivity index (χ3v) is 7.19. The quantitative estimate of drug-likeness (QED) is 0.428. The minimum atomic E-state index is 0.135. The third-order valence-electron chi connectivity index (χ3n) is 6.94. The number of carbonyl (C=O) groups excluding carboxylic acids is 1. The second kappa shape index (κ2) is 8.68. The van der Waals surface area contributed by atoms with Gasteiger partial charge in [0.1, 0.15) is 11.9 Å². The summed E-state index contributed by atoms with van der Waals surface area (Å²) in [4.78, 5) is 14.7. The lowest BCUT2D eigenvalue weighted by Gasteiger charge is -2.39. The lowest BCUT2D eigenvalue weighted by Crippen LogP contribution is -2.46. The highest BCUT2D eigenvalue weighted by atomic mass is 35.5. The van der Waals surface area contributed by atoms with Crippen molar-refractivity contribution in [3.63, 3.8) is 0 Å². The van der Waals surface area contributed by atoms with Gasteiger partial charge in [-0.1, -0.05) is 29.8 Å². The van der Waals surface area contributed by atoms with Gasteiger partial charge in [-0.25, -0.2) is 0 Å². The number of ketones is 1. The Morgan fingerprint density at radius 3 is 2.45 bits per heavy atom. The highest BCUT2D eigenvalue weighted by Gasteiger charge is 2.41. The zero-order valence-electron chi connectivity index (χ0n) is 18.0. The van der Waals surface area contributed by atoms with Gasteiger partial charge in [0.15, 0.2) is 5.78 Å². The van der Waals surface area contributed by atoms with Crippen molar-refractivity contribution in [1.29, 1.82) is 0 Å². The summed E-state index contributed by atoms with van der Waals surface area (Å²) in [5, 5.41) is 1.81. The van der Waals surface area contributed by atoms with Gasteiger partial charge < -0.3 is 9.30 Å². The summed E-state index contributed by atoms with van der Waals surface area (Å²) in [5.41, 5.74) is 1.99. The van der Waals surface area contributed by atoms with Gasteiger partial charge >= 0.3 is 0 Å². The molecule has 2 aromatic carbocycles. The van der Waals surface area contributed by atoms with Crippen LogP contribution in [0.1, 0.15) is 49.4 Å². The number of rotatable bonds is 7. The van der Waals surface area contributed by atoms with E-state index < -0.39 is 0 Å². The van der Waals surface area contributed by atoms with Crippen LogP contribution < -0.4 is 4.74 Å². The monoisotopic (exact) mass is 436 g/mol. The number of fused-ring (bicyclic) bond motifs is 3. The average Bonchev–Trinajstić information content (AvgIpc) is 3.24. The van der Waals surface area contributed by atoms with Crippen LogP contribution in [0.4, 0.5) is 0 Å². The number of Topliss-reactive ketones (excluding diaryl/α,β-unsaturated/α-hetero) is 1. The molecule has 2 fully saturated rings. The Morgan fingerprint density at radius 2 is 1.74 bits per heavy atom. The fourth-order valence-corrected chi connectivity index (χ4v) is 5.65. The molecule has 162 valence electrons. The molecule has 0 radical (unpaired) electrons. The van der Waals surface area contributed by atoms with Crippen LogP contribution in [-0.4, -0.2) is 40.0 Å². The molecule has 0 spiro atoms. The molecule has 0 saturated carbocycles. The number of benzene rings is 2. The lowest BCUT2D eigenvalue weighted by molar-refractivity contribution is 0.0482. The largest absolute Gasteiger partial charge is 0.490 e. The van der Waals surface area contributed by atoms with E-state index in [-0.39, 0.29) is 5.78 Å². The summed E-state index contributed by atoms with van der Waals surface area (Å²) in [6.07, 6.45) is 8.15. The fraction of sp³-hybridized carbons (Fsp3) is 0.423. The van der Waals surface area contributed by atoms with E-state index in [4.69, 9.17) is 16.3 Å². The number of hydrogen-bond acceptors (Lipinski definition) is 3. The van der Waals surface area contributed by atoms with Crippen molar-refractivity contribution >= 4 is 28.3 Å². The maximum Gasteiger partial charge on any atom is 0.161 e. The van der Waals surface area contributed by atoms with Gasteiger partial charge in [0.2, 0.25) is 0 Å². The Kier molecular flexibility index (Phi) is 5.77. The van der Waals surface area contributed by atoms with E-state index in [0.717, 1.165) is 59.6 Å². The second-order valence-corrected chi connectivity index (χ2v) is 9.39. The summed E-state index contributed by atoms with van der Waals surface area (Å²) in [6.45, 7) is 3.69. The average molecular weight is 437 g/mol. The first kappa shape index (κ1) is 20.6. The van der Waals surface area contributed by atoms with E-state index in [0.29, 0.717) is 18.2 Å². The summed E-state index contributed by atoms with van der Waals surface area (Å²) in [6, 6.07) is 17.2. The van der Waals surface area contributed by atoms with Gasteiger partial charge in [0.25, 0.3) is 0 Å². The number of carbonyl (C=O) groups is 1. The molecule has 1 aromatic heterocycles. The minimum Gasteiger partial charge on any atom is -0.490 e. The number of piperidine rings is 1. The van der Waals surface area contributed by atoms with Crippen LogP contribution in [-0.2, 0) is 6.54 Å². The Balaban J connectivity index is 1.19. The Hall–Kier alpha value is -2.30. The van der Waals surface area contributed by atoms with E-state index in [9.17, 15) is 4.79 Å². The predicted octanol–water partition coefficient (Wildman–Crippen LogP) is 5.96. The van der Waals surface area contributed by atoms with Crippen molar-refractivity contribution in [2.24, 2.45) is 0 Å². The van der Waals surface area contributed by atoms with Crippen molar-refractivity contribution in [3.8, 4) is 5.75 Å². The molecule has 5 rings (SSSR count). The van der Waals surface area contributed by atoms with Crippen molar-refractivity contribution in [3.05, 3.63) is 65.3 Å². The van der Waals surface area contributed by atoms with E-state index in [1.807, 2.05) is 42.6 Å². The number of hydrogen-bond donors (Lipinski definition) is 0. The molecule has 0 N–H and O–H groups in total. The number of aryl methyl sites for hydroxylation is 1. The SMILES string of the molecule is CC(=O)c1cn(CCCN2C3CCC2CC(Oc2ccc(Cl)cc2)C3)c2ccccc12. The zero-order chi connectivity index (χ0) is 21.4. The van der Waals surface area contributed by atoms with Crippen LogP contribution in [0.25, 0.3) is 10.9 Å². The first-order valence-corrected chi connectivity index (χ1v) is 11.7. The molecule has 5 heteroatoms. The lowest BCUT2D eigenvalue weighted by atomic mass is 9.99. The molecule has 31 heavy (non-hydrogen) atoms. The molecule has 3 aromatic rings. The third kappa shape index (κ3) is 4.24. The zero-order valence-corrected chi connectivity index (χ0v) is 18.7. The van der Waals surface area contributed by atoms with Crippen LogP contribution in [0.15, 0.2) is 54.7 Å². The van der Waals surface area contributed by atoms with Crippen LogP contribution in [0.5, 0.6) is 5.75 Å². The summed E-state index contributed by atoms with van der Waals surface area (Å²) >= 11 is 5.99. The van der Waals surface area contributed by atoms with Crippen molar-refractivity contribution < 1.29 is 9.53 Å². The number of aromatic nitrogens is 1. The molecule has 0 aliphatic carbocycles. The fourth-order valence-electron chi connectivity index (χ4n) is 5.53. The molecule has 2 unspecified atom stereocenters. The van der Waals surface area contributed by atoms with Gasteiger partial charge in [-0.15, -0.1) is 0 Å². The smallest absolute Gasteiger partial charge is 0.161 e. The van der Waals surface area contributed by atoms with E-state index >= 15 is 0 Å². The second-order valence-electron chi connectivity index (χ2n) is 8.95. The molecular formula is C26H29ClN2O2. The van der Waals surface area contributed by atoms with Gasteiger partial charge in [-0.3, -0.25) is 9.69 Å². The first-order valence-electron chi connectivity index (χ1n) is 11.4. The van der Waals surface area contributed by atoms with E-state index in [2.05, 4.69) is 21.6 Å². The molecule has 2 aliphatic heterocycles. The molecule has 4 nitrogen and oxygen atoms in total. The molecule has 3 heterocycles. The molecule has 0 amide bonds. The highest BCUT2D eigenvalue weighted by Crippen LogP contribution is 2.37. The predicted molar refractivity (Wildman–Crippen MR) is 125 cm³/mol. The van der Waals surface area contributed by atoms with Crippen molar-refractivity contribution in [2.45, 2.75) is 63.8 Å². The Bertz CT molecular complexity index is 1060. The molecule has 2 bridgehead atoms. The summed E-state index contributed by atoms with van der Waals surface area (Å²) in [7, 11) is 0. The summed E-state index contributed by atoms with van der Waals surface area (Å²) < 4.78 is 8.52. The first-order chi connectivity index (χ1) is 15.1. The van der Waals surface area contributed by atoms with Crippen LogP contribution >= 0.6 is 11.6 Å². The van der Waals surface area contributed by atoms with Crippen molar-refractivity contribution in [1.82, 2.24) is 9.47 Å². The van der Waals surface area contributed by atoms with Crippen molar-refractivity contribution in [2.75, 3.05) is 6.54 Å². The number of ether oxygens (including phenoxy) is 1. The molecule has 2 aliphatic rings. The van der Waals surface area contributed by atoms with Gasteiger partial charge in [0, 0.05) is 52.9 Å². The number of halogens is 1. The highest BCUT2D eigenvalue weighted by molar-refractivity contribution is 6.30. The standard InChI is InChI=1S/C26H29ClN2O2/c1-18(30)25-17-28(26-6-3-2-5-24(25)26)13-4-14-29-20-9-10-21(29)16-23(15-20)31-22-11-7-19(27)8-12-22/h2-3,5-8,11-12,17,20-21,23H,4,9-10,13-16H2,1H3. The Labute approximate surface area is 188 Å². The number of para-hydroxylation sites is 1. The maximum absolute atomic E-state index is 12.0. The minimum absolute atomic E-state index is 0.135. The molecule has 2 atom stereocenters. The van der Waals surface area contributed by atoms with Gasteiger partial charge in [0.05, 0.1) is 0 Å². The molecular weight excluding hydrogens is 408 g/mol. The normalized spacial score (nSPS) is 23.4. The summed E-state index contributed by atoms with van der Waals surface area (Å²) in [5.74, 6) is 1.05. The van der Waals surface area contributed by atoms with Crippen LogP contribution in [0.3, 0.4) is 0 Å². The van der Waals surface area contributed by atoms with Crippen LogP contribution in [0, 0.1) is 0 Å². The van der Waals surface area contributed by atoms with E-state index in [1.54, 1.807) is 6.92 Å².